The molecule has 0 saturated carbocycles. The number of anilines is 2. The Morgan fingerprint density at radius 1 is 1.26 bits per heavy atom. The van der Waals surface area contributed by atoms with E-state index in [4.69, 9.17) is 0 Å². The third kappa shape index (κ3) is 2.70. The molecule has 100 valence electrons. The highest BCUT2D eigenvalue weighted by molar-refractivity contribution is 5.49. The molecule has 1 atom stereocenters. The molecule has 2 aromatic rings. The van der Waals surface area contributed by atoms with E-state index in [-0.39, 0.29) is 6.04 Å². The van der Waals surface area contributed by atoms with Crippen LogP contribution in [0.15, 0.2) is 30.6 Å². The summed E-state index contributed by atoms with van der Waals surface area (Å²) in [4.78, 5) is 6.87. The Morgan fingerprint density at radius 2 is 2.11 bits per heavy atom. The number of pyridine rings is 1. The number of H-pyrrole nitrogens is 1. The van der Waals surface area contributed by atoms with Gasteiger partial charge in [0.15, 0.2) is 0 Å². The molecule has 3 heterocycles. The van der Waals surface area contributed by atoms with Crippen LogP contribution in [0.4, 0.5) is 11.5 Å². The van der Waals surface area contributed by atoms with Crippen LogP contribution in [0, 0.1) is 0 Å². The molecule has 3 rings (SSSR count). The zero-order chi connectivity index (χ0) is 13.1. The average molecular weight is 257 g/mol. The molecule has 1 aliphatic heterocycles. The predicted molar refractivity (Wildman–Crippen MR) is 76.3 cm³/mol. The van der Waals surface area contributed by atoms with Gasteiger partial charge < -0.3 is 10.2 Å². The Balaban J connectivity index is 1.65. The lowest BCUT2D eigenvalue weighted by Crippen LogP contribution is -2.18. The molecule has 5 heteroatoms. The van der Waals surface area contributed by atoms with E-state index in [1.165, 1.54) is 12.8 Å². The molecule has 0 amide bonds. The molecule has 1 saturated heterocycles. The second kappa shape index (κ2) is 5.30. The number of aromatic amines is 1. The van der Waals surface area contributed by atoms with Crippen LogP contribution in [0.2, 0.25) is 0 Å². The van der Waals surface area contributed by atoms with Crippen molar-refractivity contribution in [3.05, 3.63) is 36.3 Å². The quantitative estimate of drug-likeness (QED) is 0.884. The maximum Gasteiger partial charge on any atom is 0.128 e. The van der Waals surface area contributed by atoms with Gasteiger partial charge in [0, 0.05) is 19.3 Å². The van der Waals surface area contributed by atoms with Gasteiger partial charge in [0.2, 0.25) is 0 Å². The van der Waals surface area contributed by atoms with Crippen molar-refractivity contribution < 1.29 is 0 Å². The summed E-state index contributed by atoms with van der Waals surface area (Å²) in [7, 11) is 0. The lowest BCUT2D eigenvalue weighted by molar-refractivity contribution is 0.824. The van der Waals surface area contributed by atoms with Crippen molar-refractivity contribution in [1.82, 2.24) is 15.2 Å². The molecule has 0 aromatic carbocycles. The zero-order valence-electron chi connectivity index (χ0n) is 11.1. The molecular formula is C14H19N5. The molecule has 2 N–H and O–H groups in total. The third-order valence-corrected chi connectivity index (χ3v) is 3.55. The second-order valence-electron chi connectivity index (χ2n) is 4.98. The van der Waals surface area contributed by atoms with Crippen LogP contribution in [0.1, 0.15) is 31.5 Å². The highest BCUT2D eigenvalue weighted by atomic mass is 15.2. The number of aromatic nitrogens is 3. The summed E-state index contributed by atoms with van der Waals surface area (Å²) in [6.07, 6.45) is 6.22. The van der Waals surface area contributed by atoms with Crippen LogP contribution in [0.3, 0.4) is 0 Å². The molecule has 0 spiro atoms. The first kappa shape index (κ1) is 12.0. The summed E-state index contributed by atoms with van der Waals surface area (Å²) in [5, 5.41) is 10.3. The van der Waals surface area contributed by atoms with Gasteiger partial charge >= 0.3 is 0 Å². The van der Waals surface area contributed by atoms with Crippen molar-refractivity contribution in [3.8, 4) is 0 Å². The van der Waals surface area contributed by atoms with Crippen LogP contribution in [-0.4, -0.2) is 28.3 Å². The standard InChI is InChI=1S/C14H19N5/c1-11(13-6-7-16-18-13)17-12-4-5-14(15-10-12)19-8-2-3-9-19/h4-7,10-11,17H,2-3,8-9H2,1H3,(H,16,18). The maximum atomic E-state index is 4.53. The lowest BCUT2D eigenvalue weighted by atomic mass is 10.2. The minimum Gasteiger partial charge on any atom is -0.376 e. The number of nitrogens with one attached hydrogen (secondary N) is 2. The van der Waals surface area contributed by atoms with Gasteiger partial charge in [-0.2, -0.15) is 5.10 Å². The van der Waals surface area contributed by atoms with Crippen molar-refractivity contribution in [3.63, 3.8) is 0 Å². The van der Waals surface area contributed by atoms with Crippen LogP contribution >= 0.6 is 0 Å². The first-order valence-electron chi connectivity index (χ1n) is 6.80. The molecule has 0 bridgehead atoms. The summed E-state index contributed by atoms with van der Waals surface area (Å²) < 4.78 is 0. The highest BCUT2D eigenvalue weighted by Gasteiger charge is 2.13. The van der Waals surface area contributed by atoms with E-state index < -0.39 is 0 Å². The second-order valence-corrected chi connectivity index (χ2v) is 4.98. The van der Waals surface area contributed by atoms with E-state index >= 15 is 0 Å². The van der Waals surface area contributed by atoms with Gasteiger partial charge in [-0.05, 0) is 38.0 Å². The Bertz CT molecular complexity index is 499. The topological polar surface area (TPSA) is 56.8 Å². The molecule has 1 fully saturated rings. The van der Waals surface area contributed by atoms with Gasteiger partial charge in [0.25, 0.3) is 0 Å². The van der Waals surface area contributed by atoms with E-state index in [2.05, 4.69) is 44.5 Å². The first-order valence-corrected chi connectivity index (χ1v) is 6.80. The largest absolute Gasteiger partial charge is 0.376 e. The molecule has 5 nitrogen and oxygen atoms in total. The van der Waals surface area contributed by atoms with Crippen LogP contribution in [0.25, 0.3) is 0 Å². The number of hydrogen-bond acceptors (Lipinski definition) is 4. The van der Waals surface area contributed by atoms with Gasteiger partial charge in [0.05, 0.1) is 23.6 Å². The number of nitrogens with zero attached hydrogens (tertiary/aromatic N) is 3. The first-order chi connectivity index (χ1) is 9.33. The molecule has 0 aliphatic carbocycles. The van der Waals surface area contributed by atoms with Crippen molar-refractivity contribution in [1.29, 1.82) is 0 Å². The summed E-state index contributed by atoms with van der Waals surface area (Å²) in [6, 6.07) is 6.35. The fourth-order valence-corrected chi connectivity index (χ4v) is 2.44. The van der Waals surface area contributed by atoms with E-state index in [1.54, 1.807) is 6.20 Å². The van der Waals surface area contributed by atoms with Gasteiger partial charge in [-0.15, -0.1) is 0 Å². The lowest BCUT2D eigenvalue weighted by Gasteiger charge is -2.17. The van der Waals surface area contributed by atoms with E-state index in [0.29, 0.717) is 0 Å². The minimum atomic E-state index is 0.196. The third-order valence-electron chi connectivity index (χ3n) is 3.55. The minimum absolute atomic E-state index is 0.196. The maximum absolute atomic E-state index is 4.53. The molecular weight excluding hydrogens is 238 g/mol. The van der Waals surface area contributed by atoms with Crippen molar-refractivity contribution >= 4 is 11.5 Å². The van der Waals surface area contributed by atoms with Crippen LogP contribution in [0.5, 0.6) is 0 Å². The van der Waals surface area contributed by atoms with Crippen LogP contribution in [-0.2, 0) is 0 Å². The summed E-state index contributed by atoms with van der Waals surface area (Å²) in [5.41, 5.74) is 2.11. The summed E-state index contributed by atoms with van der Waals surface area (Å²) in [5.74, 6) is 1.08. The van der Waals surface area contributed by atoms with Gasteiger partial charge in [-0.3, -0.25) is 5.10 Å². The monoisotopic (exact) mass is 257 g/mol. The Kier molecular flexibility index (Phi) is 3.35. The Morgan fingerprint density at radius 3 is 2.74 bits per heavy atom. The number of hydrogen-bond donors (Lipinski definition) is 2. The van der Waals surface area contributed by atoms with Gasteiger partial charge in [-0.25, -0.2) is 4.98 Å². The van der Waals surface area contributed by atoms with Gasteiger partial charge in [0.1, 0.15) is 5.82 Å². The van der Waals surface area contributed by atoms with Crippen LogP contribution < -0.4 is 10.2 Å². The summed E-state index contributed by atoms with van der Waals surface area (Å²) >= 11 is 0. The molecule has 0 radical (unpaired) electrons. The molecule has 19 heavy (non-hydrogen) atoms. The SMILES string of the molecule is CC(Nc1ccc(N2CCCC2)nc1)c1ccn[nH]1. The smallest absolute Gasteiger partial charge is 0.128 e. The fraction of sp³-hybridized carbons (Fsp3) is 0.429. The number of rotatable bonds is 4. The zero-order valence-corrected chi connectivity index (χ0v) is 11.1. The van der Waals surface area contributed by atoms with E-state index in [1.807, 2.05) is 12.3 Å². The molecule has 2 aromatic heterocycles. The highest BCUT2D eigenvalue weighted by Crippen LogP contribution is 2.21. The van der Waals surface area contributed by atoms with E-state index in [0.717, 1.165) is 30.3 Å². The summed E-state index contributed by atoms with van der Waals surface area (Å²) in [6.45, 7) is 4.36. The Hall–Kier alpha value is -2.04. The van der Waals surface area contributed by atoms with Gasteiger partial charge in [-0.1, -0.05) is 0 Å². The van der Waals surface area contributed by atoms with Crippen molar-refractivity contribution in [2.75, 3.05) is 23.3 Å². The molecule has 1 unspecified atom stereocenters. The Labute approximate surface area is 113 Å². The predicted octanol–water partition coefficient (Wildman–Crippen LogP) is 2.58. The van der Waals surface area contributed by atoms with E-state index in [9.17, 15) is 0 Å². The average Bonchev–Trinajstić information content (AvgIpc) is 3.13. The normalized spacial score (nSPS) is 16.6. The molecule has 1 aliphatic rings. The fourth-order valence-electron chi connectivity index (χ4n) is 2.44. The van der Waals surface area contributed by atoms with Crippen molar-refractivity contribution in [2.45, 2.75) is 25.8 Å². The van der Waals surface area contributed by atoms with Crippen molar-refractivity contribution in [2.24, 2.45) is 0 Å².